The Morgan fingerprint density at radius 2 is 1.93 bits per heavy atom. The highest BCUT2D eigenvalue weighted by atomic mass is 35.5. The van der Waals surface area contributed by atoms with Gasteiger partial charge in [0.1, 0.15) is 17.5 Å². The van der Waals surface area contributed by atoms with Gasteiger partial charge >= 0.3 is 6.09 Å². The van der Waals surface area contributed by atoms with E-state index in [9.17, 15) is 18.0 Å². The van der Waals surface area contributed by atoms with Crippen molar-refractivity contribution in [2.75, 3.05) is 45.3 Å². The molecule has 0 spiro atoms. The first-order valence-corrected chi connectivity index (χ1v) is 17.9. The monoisotopic (exact) mass is 675 g/mol. The molecule has 1 fully saturated rings. The largest absolute Gasteiger partial charge is 0.490 e. The number of nitrogens with one attached hydrogen (secondary N) is 1. The molecule has 252 valence electrons. The summed E-state index contributed by atoms with van der Waals surface area (Å²) in [7, 11) is -0.929. The number of nitrogens with zero attached hydrogens (tertiary/aromatic N) is 2. The molecule has 2 aliphatic heterocycles. The second kappa shape index (κ2) is 13.6. The van der Waals surface area contributed by atoms with Gasteiger partial charge in [-0.15, -0.1) is 0 Å². The van der Waals surface area contributed by atoms with E-state index in [2.05, 4.69) is 28.7 Å². The third-order valence-corrected chi connectivity index (χ3v) is 11.3. The van der Waals surface area contributed by atoms with Gasteiger partial charge in [-0.1, -0.05) is 43.2 Å². The van der Waals surface area contributed by atoms with E-state index < -0.39 is 33.7 Å². The van der Waals surface area contributed by atoms with Gasteiger partial charge in [0.05, 0.1) is 23.8 Å². The van der Waals surface area contributed by atoms with Gasteiger partial charge in [-0.25, -0.2) is 17.9 Å². The fourth-order valence-electron chi connectivity index (χ4n) is 6.49. The Morgan fingerprint density at radius 3 is 2.65 bits per heavy atom. The molecule has 5 atom stereocenters. The van der Waals surface area contributed by atoms with E-state index in [1.54, 1.807) is 32.3 Å². The number of rotatable bonds is 1. The molecule has 10 nitrogen and oxygen atoms in total. The lowest BCUT2D eigenvalue weighted by Crippen LogP contribution is -2.47. The third-order valence-electron chi connectivity index (χ3n) is 9.74. The first kappa shape index (κ1) is 34.3. The molecule has 2 bridgehead atoms. The summed E-state index contributed by atoms with van der Waals surface area (Å²) in [5.74, 6) is 0.208. The third kappa shape index (κ3) is 7.58. The molecular weight excluding hydrogens is 630 g/mol. The summed E-state index contributed by atoms with van der Waals surface area (Å²) in [6.07, 6.45) is 13.3. The lowest BCUT2D eigenvalue weighted by molar-refractivity contribution is -0.139. The average molecular weight is 676 g/mol. The predicted octanol–water partition coefficient (Wildman–Crippen LogP) is 5.63. The van der Waals surface area contributed by atoms with Gasteiger partial charge in [-0.3, -0.25) is 4.79 Å². The molecule has 0 aromatic heterocycles. The van der Waals surface area contributed by atoms with Gasteiger partial charge in [-0.2, -0.15) is 0 Å². The van der Waals surface area contributed by atoms with E-state index in [1.807, 2.05) is 12.2 Å². The number of sulfonamides is 1. The SMILES string of the molecule is CN(C)C(=O)O[C@H]1/C=C/COC(C)(C)C(=O)NS(=O)(=O)c2ccc3c(c2)N(CCCCC2C=C(Cl)C=CC2(C)CO3)C[C@@H]2CC[C@H]21. The molecule has 2 heterocycles. The smallest absolute Gasteiger partial charge is 0.409 e. The van der Waals surface area contributed by atoms with Gasteiger partial charge in [0.25, 0.3) is 15.9 Å². The van der Waals surface area contributed by atoms with Crippen LogP contribution >= 0.6 is 11.6 Å². The molecule has 12 heteroatoms. The van der Waals surface area contributed by atoms with E-state index in [0.29, 0.717) is 31.1 Å². The number of ether oxygens (including phenoxy) is 3. The van der Waals surface area contributed by atoms with Gasteiger partial charge in [0, 0.05) is 43.6 Å². The number of hydrogen-bond donors (Lipinski definition) is 1. The van der Waals surface area contributed by atoms with Gasteiger partial charge in [0.2, 0.25) is 0 Å². The normalized spacial score (nSPS) is 31.7. The minimum Gasteiger partial charge on any atom is -0.490 e. The quantitative estimate of drug-likeness (QED) is 0.381. The summed E-state index contributed by atoms with van der Waals surface area (Å²) in [5, 5.41) is 0.725. The van der Waals surface area contributed by atoms with Crippen molar-refractivity contribution in [3.8, 4) is 5.75 Å². The Hall–Kier alpha value is -3.02. The number of carbonyl (C=O) groups excluding carboxylic acids is 2. The standard InChI is InChI=1S/C34H46ClN3O7S/c1-33(2)31(39)36-46(41,42)26-12-14-30-28(20-26)38(17-7-6-9-24-19-25(35)15-16-34(24,3)22-43-30)21-23-11-13-27(23)29(10-8-18-44-33)45-32(40)37(4)5/h8,10,12,14-16,19-20,23-24,27,29H,6-7,9,11,13,17-18,21-22H2,1-5H3,(H,36,39)/b10-8+/t23-,24?,27+,29-,34?/m0/s1. The molecular formula is C34H46ClN3O7S. The Bertz CT molecular complexity index is 1520. The zero-order valence-corrected chi connectivity index (χ0v) is 28.9. The summed E-state index contributed by atoms with van der Waals surface area (Å²) in [5.41, 5.74) is -1.10. The van der Waals surface area contributed by atoms with Crippen molar-refractivity contribution in [1.29, 1.82) is 0 Å². The Kier molecular flexibility index (Phi) is 10.2. The van der Waals surface area contributed by atoms with E-state index in [-0.39, 0.29) is 34.7 Å². The summed E-state index contributed by atoms with van der Waals surface area (Å²) < 4.78 is 47.6. The Morgan fingerprint density at radius 1 is 1.15 bits per heavy atom. The predicted molar refractivity (Wildman–Crippen MR) is 177 cm³/mol. The maximum atomic E-state index is 13.6. The van der Waals surface area contributed by atoms with E-state index in [1.165, 1.54) is 24.8 Å². The average Bonchev–Trinajstić information content (AvgIpc) is 3.00. The highest BCUT2D eigenvalue weighted by molar-refractivity contribution is 7.90. The van der Waals surface area contributed by atoms with Crippen LogP contribution in [0.4, 0.5) is 10.5 Å². The fourth-order valence-corrected chi connectivity index (χ4v) is 7.82. The number of anilines is 1. The number of benzene rings is 1. The molecule has 4 aliphatic rings. The topological polar surface area (TPSA) is 114 Å². The van der Waals surface area contributed by atoms with E-state index in [0.717, 1.165) is 37.1 Å². The van der Waals surface area contributed by atoms with Crippen molar-refractivity contribution in [3.05, 3.63) is 53.6 Å². The van der Waals surface area contributed by atoms with Crippen LogP contribution in [0.25, 0.3) is 0 Å². The van der Waals surface area contributed by atoms with Gasteiger partial charge in [-0.05, 0) is 81.7 Å². The molecule has 1 aromatic carbocycles. The fraction of sp³-hybridized carbons (Fsp3) is 0.588. The van der Waals surface area contributed by atoms with Crippen LogP contribution in [0.1, 0.15) is 52.9 Å². The van der Waals surface area contributed by atoms with E-state index in [4.69, 9.17) is 25.8 Å². The molecule has 46 heavy (non-hydrogen) atoms. The summed E-state index contributed by atoms with van der Waals surface area (Å²) in [6, 6.07) is 4.76. The molecule has 0 radical (unpaired) electrons. The van der Waals surface area contributed by atoms with Crippen LogP contribution in [-0.2, 0) is 24.3 Å². The molecule has 1 aromatic rings. The highest BCUT2D eigenvalue weighted by Crippen LogP contribution is 2.44. The van der Waals surface area contributed by atoms with Crippen LogP contribution in [0.15, 0.2) is 58.5 Å². The van der Waals surface area contributed by atoms with Gasteiger partial charge in [0.15, 0.2) is 0 Å². The number of amides is 2. The lowest BCUT2D eigenvalue weighted by Gasteiger charge is -2.43. The number of hydrogen-bond acceptors (Lipinski definition) is 8. The van der Waals surface area contributed by atoms with Crippen LogP contribution in [0, 0.1) is 23.2 Å². The first-order chi connectivity index (χ1) is 21.7. The number of fused-ring (bicyclic) bond motifs is 3. The second-order valence-electron chi connectivity index (χ2n) is 13.8. The second-order valence-corrected chi connectivity index (χ2v) is 15.9. The summed E-state index contributed by atoms with van der Waals surface area (Å²) in [4.78, 5) is 29.4. The van der Waals surface area contributed by atoms with Crippen LogP contribution in [0.3, 0.4) is 0 Å². The number of carbonyl (C=O) groups is 2. The van der Waals surface area contributed by atoms with Crippen molar-refractivity contribution in [1.82, 2.24) is 9.62 Å². The van der Waals surface area contributed by atoms with Crippen molar-refractivity contribution in [2.24, 2.45) is 23.2 Å². The zero-order valence-electron chi connectivity index (χ0n) is 27.3. The number of halogens is 1. The first-order valence-electron chi connectivity index (χ1n) is 16.0. The maximum absolute atomic E-state index is 13.6. The minimum atomic E-state index is -4.23. The molecule has 1 saturated carbocycles. The van der Waals surface area contributed by atoms with Crippen molar-refractivity contribution in [3.63, 3.8) is 0 Å². The van der Waals surface area contributed by atoms with Crippen LogP contribution in [0.5, 0.6) is 5.75 Å². The van der Waals surface area contributed by atoms with Gasteiger partial charge < -0.3 is 24.0 Å². The molecule has 0 saturated heterocycles. The molecule has 2 amide bonds. The van der Waals surface area contributed by atoms with E-state index >= 15 is 0 Å². The molecule has 2 unspecified atom stereocenters. The zero-order chi connectivity index (χ0) is 33.3. The maximum Gasteiger partial charge on any atom is 0.409 e. The molecule has 5 rings (SSSR count). The lowest BCUT2D eigenvalue weighted by atomic mass is 9.70. The number of allylic oxidation sites excluding steroid dienone is 3. The summed E-state index contributed by atoms with van der Waals surface area (Å²) in [6.45, 7) is 6.90. The van der Waals surface area contributed by atoms with Crippen LogP contribution < -0.4 is 14.4 Å². The van der Waals surface area contributed by atoms with Crippen LogP contribution in [0.2, 0.25) is 0 Å². The Balaban J connectivity index is 1.56. The molecule has 2 aliphatic carbocycles. The minimum absolute atomic E-state index is 0.0334. The summed E-state index contributed by atoms with van der Waals surface area (Å²) >= 11 is 6.41. The highest BCUT2D eigenvalue weighted by Gasteiger charge is 2.41. The molecule has 1 N–H and O–H groups in total. The van der Waals surface area contributed by atoms with Crippen molar-refractivity contribution in [2.45, 2.75) is 69.5 Å². The van der Waals surface area contributed by atoms with Crippen LogP contribution in [-0.4, -0.2) is 77.4 Å². The van der Waals surface area contributed by atoms with Crippen molar-refractivity contribution >= 4 is 39.3 Å². The Labute approximate surface area is 277 Å². The van der Waals surface area contributed by atoms with Crippen molar-refractivity contribution < 1.29 is 32.2 Å².